The van der Waals surface area contributed by atoms with Crippen molar-refractivity contribution in [1.29, 1.82) is 0 Å². The van der Waals surface area contributed by atoms with Gasteiger partial charge in [0, 0.05) is 6.42 Å². The fourth-order valence-corrected chi connectivity index (χ4v) is 0.626. The molecule has 0 aromatic heterocycles. The summed E-state index contributed by atoms with van der Waals surface area (Å²) in [6.45, 7) is 1.91. The van der Waals surface area contributed by atoms with Crippen LogP contribution < -0.4 is 0 Å². The van der Waals surface area contributed by atoms with Gasteiger partial charge < -0.3 is 9.47 Å². The maximum Gasteiger partial charge on any atom is 0.333 e. The predicted molar refractivity (Wildman–Crippen MR) is 46.5 cm³/mol. The molecule has 0 aromatic carbocycles. The molecule has 12 heavy (non-hydrogen) atoms. The van der Waals surface area contributed by atoms with Crippen LogP contribution in [0.2, 0.25) is 0 Å². The standard InChI is InChI=1S/C9H14O3/c1-4-5-6-8(11-2)7-9(10)12-3/h4-5,7H,6H2,1-3H3/b5-4-,8-7-. The SMILES string of the molecule is C/C=C\C/C(=C/C(=O)OC)OC. The van der Waals surface area contributed by atoms with Crippen molar-refractivity contribution in [1.82, 2.24) is 0 Å². The van der Waals surface area contributed by atoms with Crippen LogP contribution in [0.3, 0.4) is 0 Å². The highest BCUT2D eigenvalue weighted by Crippen LogP contribution is 2.03. The molecule has 0 aliphatic carbocycles. The van der Waals surface area contributed by atoms with E-state index in [0.29, 0.717) is 12.2 Å². The normalized spacial score (nSPS) is 11.8. The molecule has 0 N–H and O–H groups in total. The summed E-state index contributed by atoms with van der Waals surface area (Å²) in [5.74, 6) is 0.205. The number of ether oxygens (including phenoxy) is 2. The Hall–Kier alpha value is -1.25. The zero-order chi connectivity index (χ0) is 9.40. The first-order valence-corrected chi connectivity index (χ1v) is 3.68. The molecule has 0 rings (SSSR count). The monoisotopic (exact) mass is 170 g/mol. The van der Waals surface area contributed by atoms with E-state index in [1.54, 1.807) is 0 Å². The highest BCUT2D eigenvalue weighted by atomic mass is 16.5. The topological polar surface area (TPSA) is 35.5 Å². The van der Waals surface area contributed by atoms with E-state index >= 15 is 0 Å². The third kappa shape index (κ3) is 4.55. The van der Waals surface area contributed by atoms with Gasteiger partial charge in [-0.3, -0.25) is 0 Å². The van der Waals surface area contributed by atoms with E-state index in [-0.39, 0.29) is 0 Å². The van der Waals surface area contributed by atoms with Gasteiger partial charge in [-0.15, -0.1) is 0 Å². The Labute approximate surface area is 72.7 Å². The third-order valence-corrected chi connectivity index (χ3v) is 1.30. The van der Waals surface area contributed by atoms with Gasteiger partial charge >= 0.3 is 5.97 Å². The van der Waals surface area contributed by atoms with Crippen molar-refractivity contribution in [3.8, 4) is 0 Å². The first kappa shape index (κ1) is 10.8. The Bertz CT molecular complexity index is 192. The number of carbonyl (C=O) groups is 1. The summed E-state index contributed by atoms with van der Waals surface area (Å²) >= 11 is 0. The second kappa shape index (κ2) is 6.46. The predicted octanol–water partition coefficient (Wildman–Crippen LogP) is 1.66. The fraction of sp³-hybridized carbons (Fsp3) is 0.444. The Morgan fingerprint density at radius 3 is 2.42 bits per heavy atom. The number of carbonyl (C=O) groups excluding carboxylic acids is 1. The average Bonchev–Trinajstić information content (AvgIpc) is 2.11. The molecule has 0 aliphatic heterocycles. The molecule has 0 bridgehead atoms. The van der Waals surface area contributed by atoms with Crippen LogP contribution in [0.25, 0.3) is 0 Å². The molecule has 0 spiro atoms. The van der Waals surface area contributed by atoms with E-state index in [0.717, 1.165) is 0 Å². The molecule has 0 unspecified atom stereocenters. The highest BCUT2D eigenvalue weighted by Gasteiger charge is 1.98. The highest BCUT2D eigenvalue weighted by molar-refractivity contribution is 5.82. The molecular formula is C9H14O3. The number of hydrogen-bond acceptors (Lipinski definition) is 3. The zero-order valence-electron chi connectivity index (χ0n) is 7.66. The minimum Gasteiger partial charge on any atom is -0.501 e. The molecule has 0 amide bonds. The van der Waals surface area contributed by atoms with Crippen LogP contribution in [0, 0.1) is 0 Å². The van der Waals surface area contributed by atoms with E-state index in [4.69, 9.17) is 4.74 Å². The molecule has 0 atom stereocenters. The lowest BCUT2D eigenvalue weighted by molar-refractivity contribution is -0.135. The van der Waals surface area contributed by atoms with E-state index in [1.165, 1.54) is 20.3 Å². The Morgan fingerprint density at radius 1 is 1.33 bits per heavy atom. The second-order valence-corrected chi connectivity index (χ2v) is 2.11. The first-order valence-electron chi connectivity index (χ1n) is 3.68. The van der Waals surface area contributed by atoms with E-state index in [2.05, 4.69) is 4.74 Å². The maximum absolute atomic E-state index is 10.7. The molecule has 0 radical (unpaired) electrons. The Kier molecular flexibility index (Phi) is 5.79. The van der Waals surface area contributed by atoms with Gasteiger partial charge in [-0.05, 0) is 6.92 Å². The molecular weight excluding hydrogens is 156 g/mol. The fourth-order valence-electron chi connectivity index (χ4n) is 0.626. The van der Waals surface area contributed by atoms with Gasteiger partial charge in [0.15, 0.2) is 0 Å². The van der Waals surface area contributed by atoms with Crippen molar-refractivity contribution < 1.29 is 14.3 Å². The van der Waals surface area contributed by atoms with Gasteiger partial charge in [-0.1, -0.05) is 12.2 Å². The third-order valence-electron chi connectivity index (χ3n) is 1.30. The summed E-state index contributed by atoms with van der Waals surface area (Å²) in [7, 11) is 2.86. The smallest absolute Gasteiger partial charge is 0.333 e. The zero-order valence-corrected chi connectivity index (χ0v) is 7.66. The molecule has 0 saturated carbocycles. The first-order chi connectivity index (χ1) is 5.74. The summed E-state index contributed by atoms with van der Waals surface area (Å²) in [6, 6.07) is 0. The largest absolute Gasteiger partial charge is 0.501 e. The Balaban J connectivity index is 4.12. The van der Waals surface area contributed by atoms with Crippen molar-refractivity contribution in [2.45, 2.75) is 13.3 Å². The van der Waals surface area contributed by atoms with E-state index in [9.17, 15) is 4.79 Å². The molecule has 0 saturated heterocycles. The quantitative estimate of drug-likeness (QED) is 0.278. The number of allylic oxidation sites excluding steroid dienone is 2. The van der Waals surface area contributed by atoms with Crippen LogP contribution in [0.4, 0.5) is 0 Å². The average molecular weight is 170 g/mol. The van der Waals surface area contributed by atoms with Crippen molar-refractivity contribution in [2.24, 2.45) is 0 Å². The number of rotatable bonds is 4. The maximum atomic E-state index is 10.7. The van der Waals surface area contributed by atoms with E-state index in [1.807, 2.05) is 19.1 Å². The van der Waals surface area contributed by atoms with Crippen LogP contribution in [-0.4, -0.2) is 20.2 Å². The van der Waals surface area contributed by atoms with Crippen LogP contribution in [-0.2, 0) is 14.3 Å². The van der Waals surface area contributed by atoms with Crippen molar-refractivity contribution >= 4 is 5.97 Å². The number of esters is 1. The van der Waals surface area contributed by atoms with Crippen LogP contribution >= 0.6 is 0 Å². The lowest BCUT2D eigenvalue weighted by atomic mass is 10.3. The van der Waals surface area contributed by atoms with Crippen molar-refractivity contribution in [2.75, 3.05) is 14.2 Å². The van der Waals surface area contributed by atoms with E-state index < -0.39 is 5.97 Å². The second-order valence-electron chi connectivity index (χ2n) is 2.11. The van der Waals surface area contributed by atoms with Gasteiger partial charge in [-0.2, -0.15) is 0 Å². The van der Waals surface area contributed by atoms with Gasteiger partial charge in [0.2, 0.25) is 0 Å². The molecule has 0 aromatic rings. The summed E-state index contributed by atoms with van der Waals surface area (Å²) in [6.07, 6.45) is 5.74. The number of methoxy groups -OCH3 is 2. The van der Waals surface area contributed by atoms with Crippen molar-refractivity contribution in [3.63, 3.8) is 0 Å². The summed E-state index contributed by atoms with van der Waals surface area (Å²) < 4.78 is 9.38. The van der Waals surface area contributed by atoms with Crippen LogP contribution in [0.1, 0.15) is 13.3 Å². The lowest BCUT2D eigenvalue weighted by Gasteiger charge is -2.01. The molecule has 3 nitrogen and oxygen atoms in total. The van der Waals surface area contributed by atoms with Crippen LogP contribution in [0.15, 0.2) is 24.0 Å². The summed E-state index contributed by atoms with van der Waals surface area (Å²) in [4.78, 5) is 10.7. The Morgan fingerprint density at radius 2 is 2.00 bits per heavy atom. The lowest BCUT2D eigenvalue weighted by Crippen LogP contribution is -1.98. The van der Waals surface area contributed by atoms with Crippen LogP contribution in [0.5, 0.6) is 0 Å². The molecule has 68 valence electrons. The molecule has 0 heterocycles. The summed E-state index contributed by atoms with van der Waals surface area (Å²) in [5, 5.41) is 0. The number of hydrogen-bond donors (Lipinski definition) is 0. The van der Waals surface area contributed by atoms with Gasteiger partial charge in [-0.25, -0.2) is 4.79 Å². The van der Waals surface area contributed by atoms with Gasteiger partial charge in [0.1, 0.15) is 5.76 Å². The molecule has 0 aliphatic rings. The van der Waals surface area contributed by atoms with Crippen molar-refractivity contribution in [3.05, 3.63) is 24.0 Å². The molecule has 0 fully saturated rings. The van der Waals surface area contributed by atoms with Gasteiger partial charge in [0.25, 0.3) is 0 Å². The van der Waals surface area contributed by atoms with Gasteiger partial charge in [0.05, 0.1) is 20.3 Å². The summed E-state index contributed by atoms with van der Waals surface area (Å²) in [5.41, 5.74) is 0. The molecule has 3 heteroatoms. The minimum atomic E-state index is -0.392. The minimum absolute atomic E-state index is 0.392.